The average Bonchev–Trinajstić information content (AvgIpc) is 2.77. The van der Waals surface area contributed by atoms with Gasteiger partial charge in [-0.25, -0.2) is 13.1 Å². The van der Waals surface area contributed by atoms with Crippen LogP contribution in [0.5, 0.6) is 0 Å². The van der Waals surface area contributed by atoms with Gasteiger partial charge in [0.15, 0.2) is 0 Å². The van der Waals surface area contributed by atoms with E-state index in [0.29, 0.717) is 13.0 Å². The van der Waals surface area contributed by atoms with Crippen LogP contribution in [0, 0.1) is 0 Å². The molecular formula is C12H24N4O2S. The maximum Gasteiger partial charge on any atom is 0.211 e. The number of sulfonamides is 1. The second kappa shape index (κ2) is 8.29. The monoisotopic (exact) mass is 288 g/mol. The van der Waals surface area contributed by atoms with Crippen LogP contribution in [0.1, 0.15) is 31.9 Å². The third kappa shape index (κ3) is 6.70. The molecule has 110 valence electrons. The van der Waals surface area contributed by atoms with Crippen molar-refractivity contribution in [1.29, 1.82) is 0 Å². The maximum absolute atomic E-state index is 11.8. The van der Waals surface area contributed by atoms with Crippen LogP contribution in [0.4, 0.5) is 0 Å². The molecule has 0 bridgehead atoms. The van der Waals surface area contributed by atoms with E-state index in [0.717, 1.165) is 31.6 Å². The fourth-order valence-electron chi connectivity index (χ4n) is 1.67. The molecule has 6 nitrogen and oxygen atoms in total. The Kier molecular flexibility index (Phi) is 7.04. The van der Waals surface area contributed by atoms with Gasteiger partial charge in [0.05, 0.1) is 18.0 Å². The van der Waals surface area contributed by atoms with Crippen molar-refractivity contribution in [2.45, 2.75) is 32.7 Å². The highest BCUT2D eigenvalue weighted by Gasteiger charge is 2.10. The Bertz CT molecular complexity index is 456. The zero-order valence-electron chi connectivity index (χ0n) is 11.7. The summed E-state index contributed by atoms with van der Waals surface area (Å²) in [4.78, 5) is 0. The van der Waals surface area contributed by atoms with E-state index in [9.17, 15) is 8.42 Å². The van der Waals surface area contributed by atoms with E-state index >= 15 is 0 Å². The van der Waals surface area contributed by atoms with Gasteiger partial charge in [0.25, 0.3) is 0 Å². The second-order valence-electron chi connectivity index (χ2n) is 4.54. The van der Waals surface area contributed by atoms with Gasteiger partial charge >= 0.3 is 0 Å². The van der Waals surface area contributed by atoms with Crippen LogP contribution < -0.4 is 10.0 Å². The zero-order chi connectivity index (χ0) is 14.1. The van der Waals surface area contributed by atoms with E-state index in [1.54, 1.807) is 24.0 Å². The molecule has 0 atom stereocenters. The smallest absolute Gasteiger partial charge is 0.211 e. The summed E-state index contributed by atoms with van der Waals surface area (Å²) in [5.74, 6) is 0.179. The molecule has 0 aromatic carbocycles. The van der Waals surface area contributed by atoms with Gasteiger partial charge in [0, 0.05) is 13.2 Å². The molecule has 0 spiro atoms. The molecule has 0 saturated heterocycles. The lowest BCUT2D eigenvalue weighted by Gasteiger charge is -2.07. The summed E-state index contributed by atoms with van der Waals surface area (Å²) in [7, 11) is -1.39. The Morgan fingerprint density at radius 1 is 1.32 bits per heavy atom. The number of hydrogen-bond acceptors (Lipinski definition) is 4. The van der Waals surface area contributed by atoms with Crippen LogP contribution in [0.25, 0.3) is 0 Å². The molecule has 0 saturated carbocycles. The largest absolute Gasteiger partial charge is 0.317 e. The molecule has 1 aromatic rings. The van der Waals surface area contributed by atoms with E-state index in [1.807, 2.05) is 0 Å². The SMILES string of the molecule is CCCNCCCCS(=O)(=O)NCc1ccnn1C. The fraction of sp³-hybridized carbons (Fsp3) is 0.750. The number of nitrogens with one attached hydrogen (secondary N) is 2. The lowest BCUT2D eigenvalue weighted by molar-refractivity contribution is 0.569. The van der Waals surface area contributed by atoms with Crippen LogP contribution in [0.2, 0.25) is 0 Å². The molecule has 1 aromatic heterocycles. The van der Waals surface area contributed by atoms with Gasteiger partial charge in [-0.2, -0.15) is 5.10 Å². The molecule has 1 heterocycles. The van der Waals surface area contributed by atoms with Crippen molar-refractivity contribution in [3.05, 3.63) is 18.0 Å². The van der Waals surface area contributed by atoms with Crippen molar-refractivity contribution in [2.24, 2.45) is 7.05 Å². The predicted molar refractivity (Wildman–Crippen MR) is 76.2 cm³/mol. The van der Waals surface area contributed by atoms with Crippen LogP contribution in [0.3, 0.4) is 0 Å². The zero-order valence-corrected chi connectivity index (χ0v) is 12.5. The molecule has 7 heteroatoms. The van der Waals surface area contributed by atoms with E-state index < -0.39 is 10.0 Å². The predicted octanol–water partition coefficient (Wildman–Crippen LogP) is 0.619. The first kappa shape index (κ1) is 16.1. The minimum Gasteiger partial charge on any atom is -0.317 e. The lowest BCUT2D eigenvalue weighted by atomic mass is 10.3. The van der Waals surface area contributed by atoms with E-state index in [2.05, 4.69) is 22.1 Å². The first-order chi connectivity index (χ1) is 9.05. The molecule has 0 aliphatic rings. The molecule has 0 amide bonds. The summed E-state index contributed by atoms with van der Waals surface area (Å²) >= 11 is 0. The molecule has 0 aliphatic carbocycles. The summed E-state index contributed by atoms with van der Waals surface area (Å²) < 4.78 is 27.8. The van der Waals surface area contributed by atoms with Crippen LogP contribution in [-0.4, -0.2) is 37.0 Å². The molecular weight excluding hydrogens is 264 g/mol. The van der Waals surface area contributed by atoms with Gasteiger partial charge in [-0.05, 0) is 38.4 Å². The van der Waals surface area contributed by atoms with E-state index in [-0.39, 0.29) is 5.75 Å². The van der Waals surface area contributed by atoms with Crippen LogP contribution >= 0.6 is 0 Å². The molecule has 0 radical (unpaired) electrons. The number of aryl methyl sites for hydroxylation is 1. The quantitative estimate of drug-likeness (QED) is 0.619. The van der Waals surface area contributed by atoms with Crippen molar-refractivity contribution in [2.75, 3.05) is 18.8 Å². The normalized spacial score (nSPS) is 11.9. The van der Waals surface area contributed by atoms with Crippen molar-refractivity contribution in [3.8, 4) is 0 Å². The Morgan fingerprint density at radius 2 is 2.11 bits per heavy atom. The standard InChI is InChI=1S/C12H24N4O2S/c1-3-7-13-8-4-5-10-19(17,18)15-11-12-6-9-14-16(12)2/h6,9,13,15H,3-5,7-8,10-11H2,1-2H3. The molecule has 0 fully saturated rings. The number of rotatable bonds is 10. The second-order valence-corrected chi connectivity index (χ2v) is 6.47. The summed E-state index contributed by atoms with van der Waals surface area (Å²) in [5.41, 5.74) is 0.855. The van der Waals surface area contributed by atoms with Crippen LogP contribution in [-0.2, 0) is 23.6 Å². The van der Waals surface area contributed by atoms with Gasteiger partial charge in [0.1, 0.15) is 0 Å². The van der Waals surface area contributed by atoms with Crippen LogP contribution in [0.15, 0.2) is 12.3 Å². The number of unbranched alkanes of at least 4 members (excludes halogenated alkanes) is 1. The highest BCUT2D eigenvalue weighted by molar-refractivity contribution is 7.89. The molecule has 0 unspecified atom stereocenters. The fourth-order valence-corrected chi connectivity index (χ4v) is 2.77. The first-order valence-corrected chi connectivity index (χ1v) is 8.35. The molecule has 0 aliphatic heterocycles. The summed E-state index contributed by atoms with van der Waals surface area (Å²) in [6, 6.07) is 1.80. The first-order valence-electron chi connectivity index (χ1n) is 6.70. The van der Waals surface area contributed by atoms with Crippen molar-refractivity contribution < 1.29 is 8.42 Å². The van der Waals surface area contributed by atoms with Gasteiger partial charge < -0.3 is 5.32 Å². The topological polar surface area (TPSA) is 76.0 Å². The number of hydrogen-bond donors (Lipinski definition) is 2. The Morgan fingerprint density at radius 3 is 2.74 bits per heavy atom. The highest BCUT2D eigenvalue weighted by Crippen LogP contribution is 1.99. The molecule has 1 rings (SSSR count). The van der Waals surface area contributed by atoms with Gasteiger partial charge in [-0.3, -0.25) is 4.68 Å². The van der Waals surface area contributed by atoms with Gasteiger partial charge in [-0.15, -0.1) is 0 Å². The minimum atomic E-state index is -3.19. The maximum atomic E-state index is 11.8. The Labute approximate surface area is 115 Å². The van der Waals surface area contributed by atoms with E-state index in [4.69, 9.17) is 0 Å². The highest BCUT2D eigenvalue weighted by atomic mass is 32.2. The van der Waals surface area contributed by atoms with E-state index in [1.165, 1.54) is 0 Å². The molecule has 19 heavy (non-hydrogen) atoms. The number of nitrogens with zero attached hydrogens (tertiary/aromatic N) is 2. The van der Waals surface area contributed by atoms with Gasteiger partial charge in [0.2, 0.25) is 10.0 Å². The summed E-state index contributed by atoms with van der Waals surface area (Å²) in [6.45, 7) is 4.28. The summed E-state index contributed by atoms with van der Waals surface area (Å²) in [5, 5.41) is 7.25. The Balaban J connectivity index is 2.19. The summed E-state index contributed by atoms with van der Waals surface area (Å²) in [6.07, 6.45) is 4.32. The van der Waals surface area contributed by atoms with Crippen molar-refractivity contribution in [3.63, 3.8) is 0 Å². The van der Waals surface area contributed by atoms with Crippen molar-refractivity contribution in [1.82, 2.24) is 19.8 Å². The lowest BCUT2D eigenvalue weighted by Crippen LogP contribution is -2.27. The number of aromatic nitrogens is 2. The van der Waals surface area contributed by atoms with Crippen molar-refractivity contribution >= 4 is 10.0 Å². The minimum absolute atomic E-state index is 0.179. The van der Waals surface area contributed by atoms with Gasteiger partial charge in [-0.1, -0.05) is 6.92 Å². The third-order valence-corrected chi connectivity index (χ3v) is 4.25. The third-order valence-electron chi connectivity index (χ3n) is 2.84. The average molecular weight is 288 g/mol. The Hall–Kier alpha value is -0.920. The molecule has 2 N–H and O–H groups in total.